The van der Waals surface area contributed by atoms with Crippen molar-refractivity contribution in [2.75, 3.05) is 12.9 Å². The molecule has 23 heavy (non-hydrogen) atoms. The van der Waals surface area contributed by atoms with E-state index in [1.165, 1.54) is 7.11 Å². The van der Waals surface area contributed by atoms with Gasteiger partial charge in [0.1, 0.15) is 0 Å². The van der Waals surface area contributed by atoms with Gasteiger partial charge >= 0.3 is 5.97 Å². The summed E-state index contributed by atoms with van der Waals surface area (Å²) in [4.78, 5) is 11.4. The Kier molecular flexibility index (Phi) is 5.71. The van der Waals surface area contributed by atoms with Crippen LogP contribution in [0, 0.1) is 0 Å². The van der Waals surface area contributed by atoms with Gasteiger partial charge in [-0.3, -0.25) is 4.79 Å². The van der Waals surface area contributed by atoms with E-state index < -0.39 is 15.8 Å². The van der Waals surface area contributed by atoms with Crippen LogP contribution in [-0.2, 0) is 19.4 Å². The van der Waals surface area contributed by atoms with Crippen LogP contribution in [0.25, 0.3) is 12.2 Å². The molecule has 0 saturated heterocycles. The van der Waals surface area contributed by atoms with Crippen molar-refractivity contribution >= 4 is 28.0 Å². The Balaban J connectivity index is 2.26. The van der Waals surface area contributed by atoms with Gasteiger partial charge in [-0.2, -0.15) is 0 Å². The van der Waals surface area contributed by atoms with Crippen LogP contribution in [-0.4, -0.2) is 27.2 Å². The minimum atomic E-state index is -3.55. The van der Waals surface area contributed by atoms with Gasteiger partial charge in [0.2, 0.25) is 0 Å². The molecule has 0 amide bonds. The number of sulfone groups is 1. The van der Waals surface area contributed by atoms with Gasteiger partial charge < -0.3 is 4.74 Å². The second-order valence-corrected chi connectivity index (χ2v) is 7.00. The largest absolute Gasteiger partial charge is 0.469 e. The van der Waals surface area contributed by atoms with Crippen molar-refractivity contribution in [3.8, 4) is 0 Å². The maximum absolute atomic E-state index is 12.4. The smallest absolute Gasteiger partial charge is 0.306 e. The number of methoxy groups -OCH3 is 1. The predicted molar refractivity (Wildman–Crippen MR) is 90.5 cm³/mol. The molecule has 0 unspecified atom stereocenters. The lowest BCUT2D eigenvalue weighted by atomic mass is 10.1. The van der Waals surface area contributed by atoms with Crippen molar-refractivity contribution in [1.82, 2.24) is 0 Å². The van der Waals surface area contributed by atoms with Crippen molar-refractivity contribution in [3.05, 3.63) is 65.7 Å². The van der Waals surface area contributed by atoms with E-state index in [-0.39, 0.29) is 17.1 Å². The second kappa shape index (κ2) is 7.74. The Morgan fingerprint density at radius 2 is 1.65 bits per heavy atom. The molecule has 2 aromatic rings. The van der Waals surface area contributed by atoms with Crippen LogP contribution in [0.2, 0.25) is 0 Å². The summed E-state index contributed by atoms with van der Waals surface area (Å²) in [6, 6.07) is 16.4. The van der Waals surface area contributed by atoms with Crippen molar-refractivity contribution in [2.45, 2.75) is 11.3 Å². The molecule has 0 radical (unpaired) electrons. The number of ether oxygens (including phenoxy) is 1. The highest BCUT2D eigenvalue weighted by Gasteiger charge is 2.19. The summed E-state index contributed by atoms with van der Waals surface area (Å²) in [6.45, 7) is 0. The zero-order chi connectivity index (χ0) is 16.7. The van der Waals surface area contributed by atoms with E-state index in [0.29, 0.717) is 5.56 Å². The molecule has 0 fully saturated rings. The van der Waals surface area contributed by atoms with E-state index in [9.17, 15) is 13.2 Å². The third kappa shape index (κ3) is 4.79. The molecule has 0 bridgehead atoms. The summed E-state index contributed by atoms with van der Waals surface area (Å²) in [7, 11) is -2.31. The molecule has 0 saturated carbocycles. The van der Waals surface area contributed by atoms with E-state index in [1.807, 2.05) is 36.4 Å². The highest BCUT2D eigenvalue weighted by atomic mass is 32.2. The van der Waals surface area contributed by atoms with Gasteiger partial charge in [-0.25, -0.2) is 8.42 Å². The SMILES string of the molecule is COC(=O)CCS(=O)(=O)c1ccccc1C=Cc1ccccc1. The number of rotatable bonds is 6. The number of carbonyl (C=O) groups is 1. The van der Waals surface area contributed by atoms with Gasteiger partial charge in [0.25, 0.3) is 0 Å². The molecular weight excluding hydrogens is 312 g/mol. The average Bonchev–Trinajstić information content (AvgIpc) is 2.59. The van der Waals surface area contributed by atoms with E-state index in [0.717, 1.165) is 5.56 Å². The third-order valence-electron chi connectivity index (χ3n) is 3.31. The predicted octanol–water partition coefficient (Wildman–Crippen LogP) is 3.19. The van der Waals surface area contributed by atoms with Crippen molar-refractivity contribution in [3.63, 3.8) is 0 Å². The summed E-state index contributed by atoms with van der Waals surface area (Å²) in [5, 5.41) is 0. The van der Waals surface area contributed by atoms with Crippen LogP contribution in [0.15, 0.2) is 59.5 Å². The molecule has 0 aromatic heterocycles. The summed E-state index contributed by atoms with van der Waals surface area (Å²) in [5.74, 6) is -0.804. The molecule has 0 aliphatic carbocycles. The van der Waals surface area contributed by atoms with E-state index in [1.54, 1.807) is 30.3 Å². The Morgan fingerprint density at radius 3 is 2.35 bits per heavy atom. The molecule has 2 rings (SSSR count). The minimum Gasteiger partial charge on any atom is -0.469 e. The minimum absolute atomic E-state index is 0.157. The lowest BCUT2D eigenvalue weighted by molar-refractivity contribution is -0.140. The Hall–Kier alpha value is -2.40. The van der Waals surface area contributed by atoms with Crippen LogP contribution < -0.4 is 0 Å². The standard InChI is InChI=1S/C18H18O4S/c1-22-18(19)13-14-23(20,21)17-10-6-5-9-16(17)12-11-15-7-3-2-4-8-15/h2-12H,13-14H2,1H3. The van der Waals surface area contributed by atoms with Gasteiger partial charge in [-0.05, 0) is 17.2 Å². The first-order valence-electron chi connectivity index (χ1n) is 7.14. The molecule has 120 valence electrons. The zero-order valence-corrected chi connectivity index (χ0v) is 13.6. The number of esters is 1. The molecule has 0 spiro atoms. The van der Waals surface area contributed by atoms with Gasteiger partial charge in [0, 0.05) is 0 Å². The van der Waals surface area contributed by atoms with Crippen LogP contribution in [0.1, 0.15) is 17.5 Å². The molecule has 0 N–H and O–H groups in total. The fourth-order valence-electron chi connectivity index (χ4n) is 2.08. The van der Waals surface area contributed by atoms with E-state index in [4.69, 9.17) is 0 Å². The number of hydrogen-bond donors (Lipinski definition) is 0. The molecule has 2 aromatic carbocycles. The normalized spacial score (nSPS) is 11.5. The zero-order valence-electron chi connectivity index (χ0n) is 12.8. The van der Waals surface area contributed by atoms with Gasteiger partial charge in [-0.1, -0.05) is 60.7 Å². The Bertz CT molecular complexity index is 793. The topological polar surface area (TPSA) is 60.4 Å². The quantitative estimate of drug-likeness (QED) is 0.603. The van der Waals surface area contributed by atoms with Gasteiger partial charge in [-0.15, -0.1) is 0 Å². The van der Waals surface area contributed by atoms with E-state index in [2.05, 4.69) is 4.74 Å². The lowest BCUT2D eigenvalue weighted by Crippen LogP contribution is -2.13. The third-order valence-corrected chi connectivity index (χ3v) is 5.10. The fourth-order valence-corrected chi connectivity index (χ4v) is 3.52. The highest BCUT2D eigenvalue weighted by molar-refractivity contribution is 7.91. The van der Waals surface area contributed by atoms with Crippen molar-refractivity contribution < 1.29 is 17.9 Å². The Labute approximate surface area is 136 Å². The number of benzene rings is 2. The van der Waals surface area contributed by atoms with Crippen LogP contribution in [0.3, 0.4) is 0 Å². The maximum Gasteiger partial charge on any atom is 0.306 e. The lowest BCUT2D eigenvalue weighted by Gasteiger charge is -2.07. The molecule has 0 heterocycles. The summed E-state index contributed by atoms with van der Waals surface area (Å²) >= 11 is 0. The molecule has 0 aliphatic rings. The molecular formula is C18H18O4S. The highest BCUT2D eigenvalue weighted by Crippen LogP contribution is 2.20. The number of hydrogen-bond acceptors (Lipinski definition) is 4. The summed E-state index contributed by atoms with van der Waals surface area (Å²) in [5.41, 5.74) is 1.58. The summed E-state index contributed by atoms with van der Waals surface area (Å²) in [6.07, 6.45) is 3.46. The van der Waals surface area contributed by atoms with Crippen molar-refractivity contribution in [1.29, 1.82) is 0 Å². The van der Waals surface area contributed by atoms with E-state index >= 15 is 0 Å². The molecule has 0 atom stereocenters. The first-order valence-corrected chi connectivity index (χ1v) is 8.80. The number of carbonyl (C=O) groups excluding carboxylic acids is 1. The Morgan fingerprint density at radius 1 is 1.00 bits per heavy atom. The first kappa shape index (κ1) is 17.0. The molecule has 4 nitrogen and oxygen atoms in total. The summed E-state index contributed by atoms with van der Waals surface area (Å²) < 4.78 is 29.4. The average molecular weight is 330 g/mol. The monoisotopic (exact) mass is 330 g/mol. The second-order valence-electron chi connectivity index (χ2n) is 4.93. The van der Waals surface area contributed by atoms with Gasteiger partial charge in [0.15, 0.2) is 9.84 Å². The maximum atomic E-state index is 12.4. The van der Waals surface area contributed by atoms with Crippen LogP contribution in [0.4, 0.5) is 0 Å². The van der Waals surface area contributed by atoms with Gasteiger partial charge in [0.05, 0.1) is 24.2 Å². The van der Waals surface area contributed by atoms with Crippen LogP contribution >= 0.6 is 0 Å². The fraction of sp³-hybridized carbons (Fsp3) is 0.167. The first-order chi connectivity index (χ1) is 11.0. The molecule has 0 aliphatic heterocycles. The van der Waals surface area contributed by atoms with Crippen molar-refractivity contribution in [2.24, 2.45) is 0 Å². The van der Waals surface area contributed by atoms with Crippen LogP contribution in [0.5, 0.6) is 0 Å². The molecule has 5 heteroatoms.